The van der Waals surface area contributed by atoms with Gasteiger partial charge in [-0.15, -0.1) is 11.3 Å². The molecular formula is C15H17F2NS. The van der Waals surface area contributed by atoms with E-state index in [9.17, 15) is 8.78 Å². The summed E-state index contributed by atoms with van der Waals surface area (Å²) in [6, 6.07) is 7.76. The van der Waals surface area contributed by atoms with E-state index in [0.717, 1.165) is 6.42 Å². The van der Waals surface area contributed by atoms with Crippen LogP contribution in [0.4, 0.5) is 8.78 Å². The lowest BCUT2D eigenvalue weighted by Crippen LogP contribution is -2.19. The summed E-state index contributed by atoms with van der Waals surface area (Å²) in [6.07, 6.45) is 1.02. The van der Waals surface area contributed by atoms with E-state index in [-0.39, 0.29) is 11.6 Å². The van der Waals surface area contributed by atoms with Gasteiger partial charge in [-0.05, 0) is 37.6 Å². The van der Waals surface area contributed by atoms with Gasteiger partial charge in [0, 0.05) is 27.9 Å². The maximum Gasteiger partial charge on any atom is 0.130 e. The summed E-state index contributed by atoms with van der Waals surface area (Å²) in [7, 11) is 0. The van der Waals surface area contributed by atoms with Gasteiger partial charge in [0.05, 0.1) is 0 Å². The molecular weight excluding hydrogens is 264 g/mol. The molecule has 0 saturated heterocycles. The summed E-state index contributed by atoms with van der Waals surface area (Å²) in [6.45, 7) is 4.51. The quantitative estimate of drug-likeness (QED) is 0.854. The van der Waals surface area contributed by atoms with Gasteiger partial charge in [-0.25, -0.2) is 8.78 Å². The van der Waals surface area contributed by atoms with Crippen molar-refractivity contribution in [3.05, 3.63) is 57.3 Å². The highest BCUT2D eigenvalue weighted by atomic mass is 32.1. The smallest absolute Gasteiger partial charge is 0.130 e. The molecule has 0 aliphatic rings. The van der Waals surface area contributed by atoms with Gasteiger partial charge in [0.15, 0.2) is 0 Å². The molecule has 1 unspecified atom stereocenters. The molecule has 4 heteroatoms. The zero-order chi connectivity index (χ0) is 13.8. The van der Waals surface area contributed by atoms with E-state index in [1.807, 2.05) is 0 Å². The second kappa shape index (κ2) is 6.26. The summed E-state index contributed by atoms with van der Waals surface area (Å²) >= 11 is 1.73. The fourth-order valence-corrected chi connectivity index (χ4v) is 2.90. The maximum atomic E-state index is 13.6. The van der Waals surface area contributed by atoms with Crippen LogP contribution in [0.25, 0.3) is 0 Å². The average Bonchev–Trinajstić information content (AvgIpc) is 2.84. The van der Waals surface area contributed by atoms with Gasteiger partial charge in [-0.3, -0.25) is 0 Å². The molecule has 0 spiro atoms. The lowest BCUT2D eigenvalue weighted by molar-refractivity contribution is 0.489. The van der Waals surface area contributed by atoms with E-state index in [0.29, 0.717) is 6.54 Å². The van der Waals surface area contributed by atoms with Crippen LogP contribution in [0.1, 0.15) is 35.2 Å². The van der Waals surface area contributed by atoms with Crippen molar-refractivity contribution in [3.8, 4) is 0 Å². The van der Waals surface area contributed by atoms with Crippen LogP contribution in [0.5, 0.6) is 0 Å². The van der Waals surface area contributed by atoms with Crippen molar-refractivity contribution in [2.45, 2.75) is 32.9 Å². The molecule has 0 saturated carbocycles. The molecule has 0 bridgehead atoms. The second-order valence-electron chi connectivity index (χ2n) is 4.46. The first-order valence-corrected chi connectivity index (χ1v) is 7.18. The van der Waals surface area contributed by atoms with Crippen LogP contribution < -0.4 is 5.32 Å². The summed E-state index contributed by atoms with van der Waals surface area (Å²) in [5, 5.41) is 3.16. The Bertz CT molecular complexity index is 531. The Kier molecular flexibility index (Phi) is 4.66. The van der Waals surface area contributed by atoms with Crippen molar-refractivity contribution < 1.29 is 8.78 Å². The van der Waals surface area contributed by atoms with Crippen molar-refractivity contribution in [1.82, 2.24) is 5.32 Å². The molecule has 19 heavy (non-hydrogen) atoms. The Balaban J connectivity index is 2.03. The largest absolute Gasteiger partial charge is 0.305 e. The molecule has 1 atom stereocenters. The Labute approximate surface area is 116 Å². The molecule has 0 aliphatic heterocycles. The molecule has 1 heterocycles. The zero-order valence-corrected chi connectivity index (χ0v) is 11.9. The fraction of sp³-hybridized carbons (Fsp3) is 0.333. The summed E-state index contributed by atoms with van der Waals surface area (Å²) in [5.74, 6) is -0.999. The number of aryl methyl sites for hydroxylation is 1. The van der Waals surface area contributed by atoms with Gasteiger partial charge in [0.2, 0.25) is 0 Å². The lowest BCUT2D eigenvalue weighted by atomic mass is 10.1. The first-order valence-electron chi connectivity index (χ1n) is 6.36. The van der Waals surface area contributed by atoms with Gasteiger partial charge < -0.3 is 5.32 Å². The second-order valence-corrected chi connectivity index (χ2v) is 5.71. The molecule has 0 radical (unpaired) electrons. The van der Waals surface area contributed by atoms with Gasteiger partial charge in [0.1, 0.15) is 11.6 Å². The van der Waals surface area contributed by atoms with Crippen LogP contribution >= 0.6 is 11.3 Å². The van der Waals surface area contributed by atoms with Gasteiger partial charge in [-0.2, -0.15) is 0 Å². The molecule has 102 valence electrons. The number of rotatable bonds is 5. The molecule has 1 aromatic heterocycles. The highest BCUT2D eigenvalue weighted by Crippen LogP contribution is 2.22. The van der Waals surface area contributed by atoms with Crippen LogP contribution in [0.3, 0.4) is 0 Å². The molecule has 0 amide bonds. The third-order valence-corrected chi connectivity index (χ3v) is 4.31. The topological polar surface area (TPSA) is 12.0 Å². The number of nitrogens with one attached hydrogen (secondary N) is 1. The summed E-state index contributed by atoms with van der Waals surface area (Å²) in [4.78, 5) is 2.50. The number of thiophene rings is 1. The van der Waals surface area contributed by atoms with Gasteiger partial charge >= 0.3 is 0 Å². The Morgan fingerprint density at radius 3 is 2.32 bits per heavy atom. The summed E-state index contributed by atoms with van der Waals surface area (Å²) in [5.41, 5.74) is 0.106. The van der Waals surface area contributed by atoms with E-state index >= 15 is 0 Å². The maximum absolute atomic E-state index is 13.6. The van der Waals surface area contributed by atoms with Crippen LogP contribution in [0.2, 0.25) is 0 Å². The number of halogens is 2. The highest BCUT2D eigenvalue weighted by Gasteiger charge is 2.15. The number of hydrogen-bond donors (Lipinski definition) is 1. The fourth-order valence-electron chi connectivity index (χ4n) is 1.99. The molecule has 0 fully saturated rings. The third kappa shape index (κ3) is 3.39. The first kappa shape index (κ1) is 14.2. The van der Waals surface area contributed by atoms with Gasteiger partial charge in [-0.1, -0.05) is 13.0 Å². The molecule has 1 N–H and O–H groups in total. The molecule has 0 aliphatic carbocycles. The third-order valence-electron chi connectivity index (χ3n) is 3.08. The SMILES string of the molecule is CCc1ccc(CNC(C)c2c(F)cccc2F)s1. The molecule has 2 rings (SSSR count). The minimum absolute atomic E-state index is 0.106. The Morgan fingerprint density at radius 2 is 1.74 bits per heavy atom. The predicted molar refractivity (Wildman–Crippen MR) is 75.3 cm³/mol. The van der Waals surface area contributed by atoms with Crippen LogP contribution in [-0.2, 0) is 13.0 Å². The van der Waals surface area contributed by atoms with E-state index in [4.69, 9.17) is 0 Å². The predicted octanol–water partition coefficient (Wildman–Crippen LogP) is 4.44. The minimum atomic E-state index is -0.500. The van der Waals surface area contributed by atoms with Crippen molar-refractivity contribution in [1.29, 1.82) is 0 Å². The van der Waals surface area contributed by atoms with Crippen molar-refractivity contribution in [2.75, 3.05) is 0 Å². The lowest BCUT2D eigenvalue weighted by Gasteiger charge is -2.15. The summed E-state index contributed by atoms with van der Waals surface area (Å²) < 4.78 is 27.2. The van der Waals surface area contributed by atoms with Crippen molar-refractivity contribution in [3.63, 3.8) is 0 Å². The van der Waals surface area contributed by atoms with Crippen LogP contribution in [0, 0.1) is 11.6 Å². The van der Waals surface area contributed by atoms with Crippen molar-refractivity contribution in [2.24, 2.45) is 0 Å². The standard InChI is InChI=1S/C15H17F2NS/c1-3-11-7-8-12(19-11)9-18-10(2)15-13(16)5-4-6-14(15)17/h4-8,10,18H,3,9H2,1-2H3. The van der Waals surface area contributed by atoms with Gasteiger partial charge in [0.25, 0.3) is 0 Å². The highest BCUT2D eigenvalue weighted by molar-refractivity contribution is 7.11. The van der Waals surface area contributed by atoms with E-state index < -0.39 is 11.6 Å². The molecule has 1 nitrogen and oxygen atoms in total. The number of benzene rings is 1. The van der Waals surface area contributed by atoms with Crippen molar-refractivity contribution >= 4 is 11.3 Å². The molecule has 1 aromatic carbocycles. The normalized spacial score (nSPS) is 12.6. The zero-order valence-electron chi connectivity index (χ0n) is 11.0. The minimum Gasteiger partial charge on any atom is -0.305 e. The average molecular weight is 281 g/mol. The molecule has 2 aromatic rings. The van der Waals surface area contributed by atoms with E-state index in [1.165, 1.54) is 28.0 Å². The monoisotopic (exact) mass is 281 g/mol. The Morgan fingerprint density at radius 1 is 1.11 bits per heavy atom. The van der Waals surface area contributed by atoms with Crippen LogP contribution in [0.15, 0.2) is 30.3 Å². The van der Waals surface area contributed by atoms with E-state index in [1.54, 1.807) is 18.3 Å². The first-order chi connectivity index (χ1) is 9.11. The Hall–Kier alpha value is -1.26. The van der Waals surface area contributed by atoms with Crippen LogP contribution in [-0.4, -0.2) is 0 Å². The van der Waals surface area contributed by atoms with E-state index in [2.05, 4.69) is 24.4 Å². The number of hydrogen-bond acceptors (Lipinski definition) is 2.